The first-order valence-corrected chi connectivity index (χ1v) is 7.12. The molecule has 1 fully saturated rings. The second-order valence-electron chi connectivity index (χ2n) is 3.98. The summed E-state index contributed by atoms with van der Waals surface area (Å²) in [6, 6.07) is 6.64. The van der Waals surface area contributed by atoms with Crippen molar-refractivity contribution in [3.05, 3.63) is 24.3 Å². The summed E-state index contributed by atoms with van der Waals surface area (Å²) in [7, 11) is -3.15. The molecule has 0 saturated carbocycles. The van der Waals surface area contributed by atoms with E-state index in [4.69, 9.17) is 4.74 Å². The molecule has 1 aliphatic rings. The Morgan fingerprint density at radius 1 is 1.44 bits per heavy atom. The van der Waals surface area contributed by atoms with Gasteiger partial charge in [0, 0.05) is 12.8 Å². The second-order valence-corrected chi connectivity index (χ2v) is 6.00. The summed E-state index contributed by atoms with van der Waals surface area (Å²) in [5.41, 5.74) is 0. The van der Waals surface area contributed by atoms with Crippen LogP contribution in [0.15, 0.2) is 29.2 Å². The zero-order valence-corrected chi connectivity index (χ0v) is 9.96. The quantitative estimate of drug-likeness (QED) is 0.851. The largest absolute Gasteiger partial charge is 0.489 e. The second kappa shape index (κ2) is 4.43. The highest BCUT2D eigenvalue weighted by Crippen LogP contribution is 2.19. The van der Waals surface area contributed by atoms with E-state index in [0.717, 1.165) is 19.5 Å². The minimum atomic E-state index is -3.15. The van der Waals surface area contributed by atoms with Crippen LogP contribution >= 0.6 is 0 Å². The van der Waals surface area contributed by atoms with Crippen LogP contribution in [0.4, 0.5) is 0 Å². The molecule has 1 aromatic rings. The first kappa shape index (κ1) is 11.4. The molecule has 1 aliphatic heterocycles. The first-order chi connectivity index (χ1) is 7.55. The van der Waals surface area contributed by atoms with Crippen molar-refractivity contribution < 1.29 is 13.2 Å². The normalized spacial score (nSPS) is 20.9. The molecule has 0 aliphatic carbocycles. The van der Waals surface area contributed by atoms with Gasteiger partial charge < -0.3 is 10.1 Å². The van der Waals surface area contributed by atoms with E-state index in [-0.39, 0.29) is 6.10 Å². The van der Waals surface area contributed by atoms with Crippen LogP contribution in [0.2, 0.25) is 0 Å². The summed E-state index contributed by atoms with van der Waals surface area (Å²) in [5, 5.41) is 3.19. The molecule has 1 saturated heterocycles. The van der Waals surface area contributed by atoms with E-state index in [0.29, 0.717) is 10.6 Å². The van der Waals surface area contributed by atoms with Gasteiger partial charge in [-0.15, -0.1) is 0 Å². The number of hydrogen-bond donors (Lipinski definition) is 1. The Bertz CT molecular complexity index is 464. The van der Waals surface area contributed by atoms with Crippen LogP contribution in [0.1, 0.15) is 6.42 Å². The predicted octanol–water partition coefficient (Wildman–Crippen LogP) is 0.831. The summed E-state index contributed by atoms with van der Waals surface area (Å²) >= 11 is 0. The fraction of sp³-hybridized carbons (Fsp3) is 0.455. The van der Waals surface area contributed by atoms with Crippen molar-refractivity contribution in [1.82, 2.24) is 5.32 Å². The number of hydrogen-bond acceptors (Lipinski definition) is 4. The lowest BCUT2D eigenvalue weighted by atomic mass is 10.3. The number of ether oxygens (including phenoxy) is 1. The maximum absolute atomic E-state index is 11.4. The molecule has 5 heteroatoms. The van der Waals surface area contributed by atoms with Gasteiger partial charge in [-0.25, -0.2) is 8.42 Å². The molecule has 16 heavy (non-hydrogen) atoms. The molecule has 2 rings (SSSR count). The fourth-order valence-electron chi connectivity index (χ4n) is 1.70. The number of rotatable bonds is 3. The molecule has 4 nitrogen and oxygen atoms in total. The zero-order valence-electron chi connectivity index (χ0n) is 9.14. The van der Waals surface area contributed by atoms with Crippen molar-refractivity contribution in [2.75, 3.05) is 19.3 Å². The van der Waals surface area contributed by atoms with Crippen LogP contribution < -0.4 is 10.1 Å². The van der Waals surface area contributed by atoms with Crippen molar-refractivity contribution in [3.8, 4) is 5.75 Å². The molecule has 0 radical (unpaired) electrons. The standard InChI is InChI=1S/C11H15NO3S/c1-16(13,14)11-4-2-3-9(7-11)15-10-5-6-12-8-10/h2-4,7,10,12H,5-6,8H2,1H3/t10-/m1/s1. The Kier molecular flexibility index (Phi) is 3.16. The van der Waals surface area contributed by atoms with Crippen molar-refractivity contribution in [1.29, 1.82) is 0 Å². The van der Waals surface area contributed by atoms with Gasteiger partial charge in [-0.3, -0.25) is 0 Å². The van der Waals surface area contributed by atoms with Crippen LogP contribution in [0.3, 0.4) is 0 Å². The van der Waals surface area contributed by atoms with Crippen LogP contribution in [-0.2, 0) is 9.84 Å². The van der Waals surface area contributed by atoms with Gasteiger partial charge >= 0.3 is 0 Å². The van der Waals surface area contributed by atoms with Crippen LogP contribution in [0, 0.1) is 0 Å². The lowest BCUT2D eigenvalue weighted by Crippen LogP contribution is -2.19. The maximum atomic E-state index is 11.4. The summed E-state index contributed by atoms with van der Waals surface area (Å²) in [5.74, 6) is 0.622. The third-order valence-corrected chi connectivity index (χ3v) is 3.66. The van der Waals surface area contributed by atoms with Gasteiger partial charge in [0.25, 0.3) is 0 Å². The maximum Gasteiger partial charge on any atom is 0.175 e. The van der Waals surface area contributed by atoms with Gasteiger partial charge in [-0.2, -0.15) is 0 Å². The van der Waals surface area contributed by atoms with Gasteiger partial charge in [0.05, 0.1) is 4.90 Å². The van der Waals surface area contributed by atoms with E-state index in [1.165, 1.54) is 6.26 Å². The van der Waals surface area contributed by atoms with Crippen LogP contribution in [-0.4, -0.2) is 33.9 Å². The fourth-order valence-corrected chi connectivity index (χ4v) is 2.36. The van der Waals surface area contributed by atoms with E-state index >= 15 is 0 Å². The molecule has 0 bridgehead atoms. The highest BCUT2D eigenvalue weighted by molar-refractivity contribution is 7.90. The summed E-state index contributed by atoms with van der Waals surface area (Å²) < 4.78 is 28.4. The minimum absolute atomic E-state index is 0.148. The molecule has 0 unspecified atom stereocenters. The predicted molar refractivity (Wildman–Crippen MR) is 61.5 cm³/mol. The van der Waals surface area contributed by atoms with Crippen molar-refractivity contribution in [2.24, 2.45) is 0 Å². The first-order valence-electron chi connectivity index (χ1n) is 5.23. The molecule has 0 aromatic heterocycles. The molecule has 0 amide bonds. The lowest BCUT2D eigenvalue weighted by molar-refractivity contribution is 0.222. The Morgan fingerprint density at radius 2 is 2.25 bits per heavy atom. The SMILES string of the molecule is CS(=O)(=O)c1cccc(O[C@@H]2CCNC2)c1. The van der Waals surface area contributed by atoms with Gasteiger partial charge in [0.15, 0.2) is 9.84 Å². The van der Waals surface area contributed by atoms with Crippen LogP contribution in [0.5, 0.6) is 5.75 Å². The van der Waals surface area contributed by atoms with E-state index in [2.05, 4.69) is 5.32 Å². The monoisotopic (exact) mass is 241 g/mol. The van der Waals surface area contributed by atoms with E-state index in [1.807, 2.05) is 0 Å². The molecular formula is C11H15NO3S. The summed E-state index contributed by atoms with van der Waals surface area (Å²) in [4.78, 5) is 0.302. The van der Waals surface area contributed by atoms with Crippen LogP contribution in [0.25, 0.3) is 0 Å². The number of nitrogens with one attached hydrogen (secondary N) is 1. The third-order valence-electron chi connectivity index (χ3n) is 2.55. The van der Waals surface area contributed by atoms with Crippen molar-refractivity contribution >= 4 is 9.84 Å². The highest BCUT2D eigenvalue weighted by atomic mass is 32.2. The van der Waals surface area contributed by atoms with Crippen molar-refractivity contribution in [2.45, 2.75) is 17.4 Å². The average molecular weight is 241 g/mol. The number of sulfone groups is 1. The van der Waals surface area contributed by atoms with E-state index in [9.17, 15) is 8.42 Å². The highest BCUT2D eigenvalue weighted by Gasteiger charge is 2.16. The molecule has 1 atom stereocenters. The Hall–Kier alpha value is -1.07. The molecule has 1 N–H and O–H groups in total. The molecule has 1 aromatic carbocycles. The molecule has 1 heterocycles. The molecular weight excluding hydrogens is 226 g/mol. The van der Waals surface area contributed by atoms with E-state index < -0.39 is 9.84 Å². The van der Waals surface area contributed by atoms with Gasteiger partial charge in [-0.05, 0) is 31.2 Å². The summed E-state index contributed by atoms with van der Waals surface area (Å²) in [6.45, 7) is 1.78. The van der Waals surface area contributed by atoms with Crippen molar-refractivity contribution in [3.63, 3.8) is 0 Å². The topological polar surface area (TPSA) is 55.4 Å². The Labute approximate surface area is 95.5 Å². The number of benzene rings is 1. The zero-order chi connectivity index (χ0) is 11.6. The minimum Gasteiger partial charge on any atom is -0.489 e. The molecule has 88 valence electrons. The van der Waals surface area contributed by atoms with Gasteiger partial charge in [-0.1, -0.05) is 6.07 Å². The summed E-state index contributed by atoms with van der Waals surface area (Å²) in [6.07, 6.45) is 2.31. The smallest absolute Gasteiger partial charge is 0.175 e. The Balaban J connectivity index is 2.16. The molecule has 0 spiro atoms. The average Bonchev–Trinajstić information content (AvgIpc) is 2.70. The lowest BCUT2D eigenvalue weighted by Gasteiger charge is -2.12. The third kappa shape index (κ3) is 2.74. The van der Waals surface area contributed by atoms with Gasteiger partial charge in [0.1, 0.15) is 11.9 Å². The Morgan fingerprint density at radius 3 is 2.88 bits per heavy atom. The van der Waals surface area contributed by atoms with Gasteiger partial charge in [0.2, 0.25) is 0 Å². The van der Waals surface area contributed by atoms with E-state index in [1.54, 1.807) is 24.3 Å².